The monoisotopic (exact) mass is 324 g/mol. The molecule has 0 aliphatic carbocycles. The molecule has 0 aliphatic rings. The first kappa shape index (κ1) is 19.1. The second-order valence-corrected chi connectivity index (χ2v) is 3.86. The molecule has 1 aromatic carbocycles. The first-order valence-corrected chi connectivity index (χ1v) is 5.58. The highest BCUT2D eigenvalue weighted by atomic mass is 35.5. The molecular formula is C12H15ClF2N2O4. The summed E-state index contributed by atoms with van der Waals surface area (Å²) in [7, 11) is 1.15. The van der Waals surface area contributed by atoms with E-state index >= 15 is 0 Å². The van der Waals surface area contributed by atoms with Gasteiger partial charge in [-0.15, -0.1) is 12.4 Å². The quantitative estimate of drug-likeness (QED) is 0.806. The Hall–Kier alpha value is -1.93. The highest BCUT2D eigenvalue weighted by molar-refractivity contribution is 5.97. The van der Waals surface area contributed by atoms with Crippen molar-refractivity contribution < 1.29 is 27.8 Å². The largest absolute Gasteiger partial charge is 0.465 e. The Morgan fingerprint density at radius 2 is 1.95 bits per heavy atom. The number of nitrogens with one attached hydrogen (secondary N) is 1. The number of carbonyl (C=O) groups is 2. The van der Waals surface area contributed by atoms with Gasteiger partial charge in [-0.2, -0.15) is 8.78 Å². The van der Waals surface area contributed by atoms with E-state index in [0.717, 1.165) is 13.2 Å². The van der Waals surface area contributed by atoms with E-state index in [4.69, 9.17) is 5.73 Å². The summed E-state index contributed by atoms with van der Waals surface area (Å²) in [6.45, 7) is -1.67. The number of esters is 1. The maximum Gasteiger partial charge on any atom is 0.387 e. The fourth-order valence-corrected chi connectivity index (χ4v) is 1.31. The molecule has 21 heavy (non-hydrogen) atoms. The summed E-state index contributed by atoms with van der Waals surface area (Å²) >= 11 is 0. The third kappa shape index (κ3) is 5.52. The van der Waals surface area contributed by atoms with Crippen LogP contribution in [0.3, 0.4) is 0 Å². The zero-order chi connectivity index (χ0) is 15.3. The van der Waals surface area contributed by atoms with Crippen LogP contribution < -0.4 is 15.8 Å². The summed E-state index contributed by atoms with van der Waals surface area (Å²) < 4.78 is 33.4. The fourth-order valence-electron chi connectivity index (χ4n) is 1.31. The Labute approximate surface area is 126 Å². The normalized spacial score (nSPS) is 11.3. The zero-order valence-electron chi connectivity index (χ0n) is 11.3. The van der Waals surface area contributed by atoms with Crippen molar-refractivity contribution in [1.82, 2.24) is 0 Å². The molecule has 0 unspecified atom stereocenters. The van der Waals surface area contributed by atoms with E-state index in [1.165, 1.54) is 19.1 Å². The van der Waals surface area contributed by atoms with Gasteiger partial charge in [-0.25, -0.2) is 4.79 Å². The van der Waals surface area contributed by atoms with E-state index in [1.54, 1.807) is 0 Å². The minimum Gasteiger partial charge on any atom is -0.465 e. The predicted molar refractivity (Wildman–Crippen MR) is 73.9 cm³/mol. The third-order valence-corrected chi connectivity index (χ3v) is 2.29. The van der Waals surface area contributed by atoms with Gasteiger partial charge in [-0.1, -0.05) is 0 Å². The maximum atomic E-state index is 12.3. The predicted octanol–water partition coefficient (Wildman–Crippen LogP) is 1.78. The lowest BCUT2D eigenvalue weighted by Crippen LogP contribution is -2.32. The van der Waals surface area contributed by atoms with Crippen molar-refractivity contribution in [3.05, 3.63) is 23.8 Å². The summed E-state index contributed by atoms with van der Waals surface area (Å²) in [5, 5.41) is 2.33. The molecule has 0 heterocycles. The van der Waals surface area contributed by atoms with E-state index in [0.29, 0.717) is 0 Å². The van der Waals surface area contributed by atoms with Gasteiger partial charge in [0, 0.05) is 0 Å². The van der Waals surface area contributed by atoms with E-state index in [-0.39, 0.29) is 29.4 Å². The summed E-state index contributed by atoms with van der Waals surface area (Å²) in [5.74, 6) is -1.64. The number of benzene rings is 1. The first-order valence-electron chi connectivity index (χ1n) is 5.58. The van der Waals surface area contributed by atoms with Gasteiger partial charge >= 0.3 is 12.6 Å². The number of anilines is 1. The standard InChI is InChI=1S/C12H14F2N2O4.ClH/c1-6(15)10(17)16-8-4-3-7(11(18)19-2)5-9(8)20-12(13)14;/h3-6,12H,15H2,1-2H3,(H,16,17);1H/t6-;/m0./s1. The molecule has 3 N–H and O–H groups in total. The second kappa shape index (κ2) is 8.38. The lowest BCUT2D eigenvalue weighted by molar-refractivity contribution is -0.117. The lowest BCUT2D eigenvalue weighted by Gasteiger charge is -2.14. The van der Waals surface area contributed by atoms with Crippen molar-refractivity contribution in [2.75, 3.05) is 12.4 Å². The number of amides is 1. The molecule has 0 aromatic heterocycles. The van der Waals surface area contributed by atoms with Gasteiger partial charge in [0.05, 0.1) is 24.4 Å². The van der Waals surface area contributed by atoms with Crippen molar-refractivity contribution in [2.45, 2.75) is 19.6 Å². The molecule has 9 heteroatoms. The number of carbonyl (C=O) groups excluding carboxylic acids is 2. The molecule has 6 nitrogen and oxygen atoms in total. The van der Waals surface area contributed by atoms with E-state index < -0.39 is 24.5 Å². The van der Waals surface area contributed by atoms with Crippen LogP contribution in [0.25, 0.3) is 0 Å². The minimum atomic E-state index is -3.10. The fraction of sp³-hybridized carbons (Fsp3) is 0.333. The van der Waals surface area contributed by atoms with Gasteiger partial charge in [0.2, 0.25) is 5.91 Å². The number of nitrogens with two attached hydrogens (primary N) is 1. The molecule has 0 saturated heterocycles. The van der Waals surface area contributed by atoms with Crippen LogP contribution in [0.5, 0.6) is 5.75 Å². The van der Waals surface area contributed by atoms with E-state index in [1.807, 2.05) is 0 Å². The first-order chi connectivity index (χ1) is 9.35. The van der Waals surface area contributed by atoms with Crippen LogP contribution in [-0.4, -0.2) is 31.6 Å². The van der Waals surface area contributed by atoms with Gasteiger partial charge in [0.25, 0.3) is 0 Å². The molecule has 0 fully saturated rings. The SMILES string of the molecule is COC(=O)c1ccc(NC(=O)[C@H](C)N)c(OC(F)F)c1.Cl. The summed E-state index contributed by atoms with van der Waals surface area (Å²) in [6, 6.07) is 2.79. The van der Waals surface area contributed by atoms with Crippen molar-refractivity contribution in [2.24, 2.45) is 5.73 Å². The van der Waals surface area contributed by atoms with Gasteiger partial charge in [-0.3, -0.25) is 4.79 Å². The van der Waals surface area contributed by atoms with Gasteiger partial charge in [0.1, 0.15) is 5.75 Å². The summed E-state index contributed by atoms with van der Waals surface area (Å²) in [4.78, 5) is 22.8. The highest BCUT2D eigenvalue weighted by Gasteiger charge is 2.17. The molecule has 0 aliphatic heterocycles. The van der Waals surface area contributed by atoms with Crippen LogP contribution in [0.1, 0.15) is 17.3 Å². The molecular weight excluding hydrogens is 310 g/mol. The van der Waals surface area contributed by atoms with Crippen LogP contribution in [-0.2, 0) is 9.53 Å². The van der Waals surface area contributed by atoms with Gasteiger partial charge in [0.15, 0.2) is 0 Å². The molecule has 1 atom stereocenters. The molecule has 0 saturated carbocycles. The van der Waals surface area contributed by atoms with Crippen molar-refractivity contribution in [3.8, 4) is 5.75 Å². The Kier molecular flexibility index (Phi) is 7.61. The van der Waals surface area contributed by atoms with E-state index in [9.17, 15) is 18.4 Å². The zero-order valence-corrected chi connectivity index (χ0v) is 12.1. The van der Waals surface area contributed by atoms with E-state index in [2.05, 4.69) is 14.8 Å². The topological polar surface area (TPSA) is 90.7 Å². The summed E-state index contributed by atoms with van der Waals surface area (Å²) in [5.41, 5.74) is 5.36. The van der Waals surface area contributed by atoms with Crippen LogP contribution in [0.4, 0.5) is 14.5 Å². The number of hydrogen-bond donors (Lipinski definition) is 2. The Morgan fingerprint density at radius 3 is 2.43 bits per heavy atom. The Morgan fingerprint density at radius 1 is 1.33 bits per heavy atom. The molecule has 0 spiro atoms. The number of ether oxygens (including phenoxy) is 2. The lowest BCUT2D eigenvalue weighted by atomic mass is 10.2. The number of methoxy groups -OCH3 is 1. The van der Waals surface area contributed by atoms with Gasteiger partial charge in [-0.05, 0) is 25.1 Å². The minimum absolute atomic E-state index is 0. The van der Waals surface area contributed by atoms with Crippen LogP contribution in [0.15, 0.2) is 18.2 Å². The van der Waals surface area contributed by atoms with Crippen molar-refractivity contribution >= 4 is 30.0 Å². The van der Waals surface area contributed by atoms with Gasteiger partial charge < -0.3 is 20.5 Å². The van der Waals surface area contributed by atoms with Crippen molar-refractivity contribution in [1.29, 1.82) is 0 Å². The number of halogens is 3. The average molecular weight is 325 g/mol. The third-order valence-electron chi connectivity index (χ3n) is 2.29. The summed E-state index contributed by atoms with van der Waals surface area (Å²) in [6.07, 6.45) is 0. The molecule has 0 bridgehead atoms. The molecule has 0 radical (unpaired) electrons. The number of rotatable bonds is 5. The Bertz CT molecular complexity index is 512. The van der Waals surface area contributed by atoms with Crippen LogP contribution in [0, 0.1) is 0 Å². The number of hydrogen-bond acceptors (Lipinski definition) is 5. The molecule has 1 amide bonds. The maximum absolute atomic E-state index is 12.3. The number of alkyl halides is 2. The van der Waals surface area contributed by atoms with Crippen LogP contribution in [0.2, 0.25) is 0 Å². The smallest absolute Gasteiger partial charge is 0.387 e. The Balaban J connectivity index is 0.00000400. The second-order valence-electron chi connectivity index (χ2n) is 3.86. The average Bonchev–Trinajstić information content (AvgIpc) is 2.38. The van der Waals surface area contributed by atoms with Crippen LogP contribution >= 0.6 is 12.4 Å². The molecule has 118 valence electrons. The molecule has 1 rings (SSSR count). The molecule has 1 aromatic rings. The highest BCUT2D eigenvalue weighted by Crippen LogP contribution is 2.28. The van der Waals surface area contributed by atoms with Crippen molar-refractivity contribution in [3.63, 3.8) is 0 Å².